The van der Waals surface area contributed by atoms with E-state index in [4.69, 9.17) is 34.3 Å². The first kappa shape index (κ1) is 56.1. The second-order valence-electron chi connectivity index (χ2n) is 13.8. The predicted molar refractivity (Wildman–Crippen MR) is 203 cm³/mol. The van der Waals surface area contributed by atoms with Gasteiger partial charge in [-0.2, -0.15) is 0 Å². The van der Waals surface area contributed by atoms with E-state index >= 15 is 0 Å². The molecule has 4 aromatic carbocycles. The normalized spacial score (nSPS) is 13.1. The Balaban J connectivity index is 0.00000103. The van der Waals surface area contributed by atoms with Crippen molar-refractivity contribution < 1.29 is 187 Å². The fourth-order valence-corrected chi connectivity index (χ4v) is 5.13. The Morgan fingerprint density at radius 1 is 0.411 bits per heavy atom. The first-order chi connectivity index (χ1) is 25.2. The molecule has 0 saturated heterocycles. The third kappa shape index (κ3) is 18.8. The van der Waals surface area contributed by atoms with Crippen molar-refractivity contribution >= 4 is 0 Å². The summed E-state index contributed by atoms with van der Waals surface area (Å²) in [7, 11) is 0. The van der Waals surface area contributed by atoms with E-state index < -0.39 is 24.4 Å². The average molecular weight is 1420 g/mol. The van der Waals surface area contributed by atoms with Crippen LogP contribution in [0.2, 0.25) is 0 Å². The van der Waals surface area contributed by atoms with Crippen LogP contribution in [-0.4, -0.2) is 106 Å². The van der Waals surface area contributed by atoms with Gasteiger partial charge in [-0.15, -0.1) is 0 Å². The molecule has 0 aliphatic carbocycles. The number of benzene rings is 4. The molecule has 4 unspecified atom stereocenters. The van der Waals surface area contributed by atoms with Crippen LogP contribution in [0, 0.1) is 139 Å². The summed E-state index contributed by atoms with van der Waals surface area (Å²) in [5, 5.41) is 63.7. The molecule has 7 N–H and O–H groups in total. The number of hydrogen-bond donors (Lipinski definition) is 7. The largest absolute Gasteiger partial charge is 0.494 e. The van der Waals surface area contributed by atoms with Gasteiger partial charge in [-0.1, -0.05) is 76.2 Å². The minimum atomic E-state index is -0.889. The second kappa shape index (κ2) is 28.6. The smallest absolute Gasteiger partial charge is 0.119 e. The van der Waals surface area contributed by atoms with Crippen LogP contribution in [0.1, 0.15) is 49.9 Å². The SMILES string of the molecule is CC(C)(c1ccc(OCC(O)CO)cc1)c1ccc(OCC(O)CO)cc1.[Ac].[Ac].[Ac].[CH2-]C(O)COc1ccc(C(C)(C)c2ccc(OCC(O)CO)cc2)cc1. The van der Waals surface area contributed by atoms with Crippen LogP contribution in [0.4, 0.5) is 0 Å². The standard InChI is InChI=1S/C21H28O6.C21H27O5.3Ac/c1-21(2,15-3-7-19(8-4-15)26-13-17(24)11-22)16-5-9-20(10-6-16)27-14-18(25)12-23;1-15(23)13-25-19-8-4-16(5-9-19)21(2,3)17-6-10-20(11-7-17)26-14-18(24)12-22;;;/h3-10,17-18,22-25H,11-14H2,1-2H3;4-11,15,18,22-24H,1,12-14H2,2-3H3;;;/q;-1;;;. The van der Waals surface area contributed by atoms with Gasteiger partial charge >= 0.3 is 0 Å². The molecule has 56 heavy (non-hydrogen) atoms. The molecule has 0 heterocycles. The van der Waals surface area contributed by atoms with Gasteiger partial charge < -0.3 is 61.6 Å². The molecule has 11 nitrogen and oxygen atoms in total. The Bertz CT molecular complexity index is 1540. The van der Waals surface area contributed by atoms with Crippen molar-refractivity contribution in [2.45, 2.75) is 62.9 Å². The molecule has 0 aromatic heterocycles. The molecule has 0 amide bonds. The van der Waals surface area contributed by atoms with Crippen molar-refractivity contribution in [2.75, 3.05) is 46.2 Å². The zero-order valence-corrected chi connectivity index (χ0v) is 46.9. The van der Waals surface area contributed by atoms with E-state index in [9.17, 15) is 20.4 Å². The number of rotatable bonds is 19. The van der Waals surface area contributed by atoms with Crippen molar-refractivity contribution in [3.05, 3.63) is 126 Å². The minimum Gasteiger partial charge on any atom is -0.494 e. The molecular formula is C42H55Ac3O11-. The van der Waals surface area contributed by atoms with Crippen molar-refractivity contribution in [3.63, 3.8) is 0 Å². The molecule has 0 saturated carbocycles. The maximum Gasteiger partial charge on any atom is 0.119 e. The first-order valence-corrected chi connectivity index (χ1v) is 17.5. The van der Waals surface area contributed by atoms with Gasteiger partial charge in [0.1, 0.15) is 61.1 Å². The van der Waals surface area contributed by atoms with Gasteiger partial charge in [-0.3, -0.25) is 0 Å². The van der Waals surface area contributed by atoms with Crippen LogP contribution in [0.3, 0.4) is 0 Å². The molecule has 4 aromatic rings. The summed E-state index contributed by atoms with van der Waals surface area (Å²) in [6.07, 6.45) is -3.40. The van der Waals surface area contributed by atoms with E-state index in [1.165, 1.54) is 0 Å². The second-order valence-corrected chi connectivity index (χ2v) is 13.8. The average Bonchev–Trinajstić information content (AvgIpc) is 3.18. The molecule has 0 bridgehead atoms. The third-order valence-corrected chi connectivity index (χ3v) is 8.71. The van der Waals surface area contributed by atoms with E-state index in [2.05, 4.69) is 34.6 Å². The van der Waals surface area contributed by atoms with Gasteiger partial charge in [0.2, 0.25) is 0 Å². The first-order valence-electron chi connectivity index (χ1n) is 17.5. The van der Waals surface area contributed by atoms with E-state index in [0.717, 1.165) is 22.3 Å². The topological polar surface area (TPSA) is 179 Å². The molecule has 4 rings (SSSR count). The van der Waals surface area contributed by atoms with Crippen LogP contribution < -0.4 is 18.9 Å². The monoisotopic (exact) mass is 1420 g/mol. The molecule has 299 valence electrons. The van der Waals surface area contributed by atoms with Crippen molar-refractivity contribution in [1.82, 2.24) is 0 Å². The number of aliphatic hydroxyl groups is 7. The third-order valence-electron chi connectivity index (χ3n) is 8.71. The van der Waals surface area contributed by atoms with Crippen LogP contribution in [0.5, 0.6) is 23.0 Å². The summed E-state index contributed by atoms with van der Waals surface area (Å²) in [5.74, 6) is 2.60. The zero-order chi connectivity index (χ0) is 39.0. The zero-order valence-electron chi connectivity index (χ0n) is 32.7. The van der Waals surface area contributed by atoms with Crippen molar-refractivity contribution in [1.29, 1.82) is 0 Å². The Kier molecular flexibility index (Phi) is 28.7. The summed E-state index contributed by atoms with van der Waals surface area (Å²) in [6, 6.07) is 30.7. The molecule has 3 radical (unpaired) electrons. The van der Waals surface area contributed by atoms with Gasteiger partial charge in [0, 0.05) is 143 Å². The maximum atomic E-state index is 9.35. The summed E-state index contributed by atoms with van der Waals surface area (Å²) < 4.78 is 21.8. The van der Waals surface area contributed by atoms with Gasteiger partial charge in [0.05, 0.1) is 26.4 Å². The van der Waals surface area contributed by atoms with E-state index in [1.807, 2.05) is 97.1 Å². The molecule has 0 aliphatic heterocycles. The summed E-state index contributed by atoms with van der Waals surface area (Å²) in [4.78, 5) is 0. The quantitative estimate of drug-likeness (QED) is 0.0681. The number of aliphatic hydroxyl groups excluding tert-OH is 7. The van der Waals surface area contributed by atoms with Crippen LogP contribution in [0.15, 0.2) is 97.1 Å². The van der Waals surface area contributed by atoms with Crippen molar-refractivity contribution in [2.24, 2.45) is 0 Å². The van der Waals surface area contributed by atoms with Gasteiger partial charge in [0.25, 0.3) is 0 Å². The van der Waals surface area contributed by atoms with Gasteiger partial charge in [-0.05, 0) is 76.9 Å². The summed E-state index contributed by atoms with van der Waals surface area (Å²) >= 11 is 0. The minimum absolute atomic E-state index is 0. The Morgan fingerprint density at radius 3 is 0.786 bits per heavy atom. The molecule has 0 aliphatic rings. The summed E-state index contributed by atoms with van der Waals surface area (Å²) in [6.45, 7) is 11.3. The van der Waals surface area contributed by atoms with Gasteiger partial charge in [0.15, 0.2) is 0 Å². The van der Waals surface area contributed by atoms with Gasteiger partial charge in [-0.25, -0.2) is 0 Å². The Morgan fingerprint density at radius 2 is 0.607 bits per heavy atom. The molecule has 4 atom stereocenters. The van der Waals surface area contributed by atoms with Crippen LogP contribution in [0.25, 0.3) is 0 Å². The van der Waals surface area contributed by atoms with Crippen molar-refractivity contribution in [3.8, 4) is 23.0 Å². The Labute approximate surface area is 438 Å². The Hall–Kier alpha value is 0.125. The summed E-state index contributed by atoms with van der Waals surface area (Å²) in [5.41, 5.74) is 3.99. The van der Waals surface area contributed by atoms with Crippen LogP contribution >= 0.6 is 0 Å². The number of hydrogen-bond acceptors (Lipinski definition) is 11. The maximum absolute atomic E-state index is 9.35. The van der Waals surface area contributed by atoms with E-state index in [0.29, 0.717) is 23.0 Å². The molecule has 14 heteroatoms. The molecular weight excluding hydrogens is 1360 g/mol. The fraction of sp³-hybridized carbons (Fsp3) is 0.405. The number of ether oxygens (including phenoxy) is 4. The fourth-order valence-electron chi connectivity index (χ4n) is 5.13. The van der Waals surface area contributed by atoms with E-state index in [1.54, 1.807) is 0 Å². The van der Waals surface area contributed by atoms with E-state index in [-0.39, 0.29) is 189 Å². The molecule has 0 fully saturated rings. The predicted octanol–water partition coefficient (Wildman–Crippen LogP) is 3.79. The van der Waals surface area contributed by atoms with Crippen LogP contribution in [-0.2, 0) is 10.8 Å². The molecule has 0 spiro atoms.